The molecule has 3 aromatic rings. The SMILES string of the molecule is CN1CCC(CC(=O)c2ccc(-c3cc(NC4CCN(C(=O)OC(C)(C)C)C4)c4cnccc4n3)cc2)CC1. The van der Waals surface area contributed by atoms with Crippen LogP contribution in [0.3, 0.4) is 0 Å². The minimum atomic E-state index is -0.516. The Kier molecular flexibility index (Phi) is 7.84. The number of hydrogen-bond donors (Lipinski definition) is 1. The number of carbonyl (C=O) groups is 2. The number of benzene rings is 1. The highest BCUT2D eigenvalue weighted by molar-refractivity contribution is 5.97. The van der Waals surface area contributed by atoms with E-state index in [1.54, 1.807) is 11.1 Å². The number of rotatable bonds is 6. The number of aromatic nitrogens is 2. The molecular weight excluding hydrogens is 490 g/mol. The quantitative estimate of drug-likeness (QED) is 0.414. The standard InChI is InChI=1S/C31H39N5O3/c1-31(2,3)39-30(38)36-16-12-24(20-36)33-28-18-27(34-26-9-13-32-19-25(26)28)22-5-7-23(8-6-22)29(37)17-21-10-14-35(4)15-11-21/h5-9,13,18-19,21,24H,10-12,14-17,20H2,1-4H3,(H,33,34). The Morgan fingerprint density at radius 1 is 1.05 bits per heavy atom. The van der Waals surface area contributed by atoms with Gasteiger partial charge in [-0.1, -0.05) is 24.3 Å². The molecule has 0 bridgehead atoms. The number of fused-ring (bicyclic) bond motifs is 1. The predicted molar refractivity (Wildman–Crippen MR) is 154 cm³/mol. The van der Waals surface area contributed by atoms with E-state index in [1.807, 2.05) is 63.4 Å². The molecule has 8 heteroatoms. The zero-order valence-corrected chi connectivity index (χ0v) is 23.4. The van der Waals surface area contributed by atoms with Crippen molar-refractivity contribution in [2.24, 2.45) is 5.92 Å². The van der Waals surface area contributed by atoms with E-state index < -0.39 is 5.60 Å². The van der Waals surface area contributed by atoms with Crippen LogP contribution in [0.25, 0.3) is 22.2 Å². The third-order valence-corrected chi connectivity index (χ3v) is 7.62. The number of ether oxygens (including phenoxy) is 1. The number of amides is 1. The van der Waals surface area contributed by atoms with Gasteiger partial charge in [0.25, 0.3) is 0 Å². The van der Waals surface area contributed by atoms with Crippen molar-refractivity contribution in [2.75, 3.05) is 38.5 Å². The Hall–Kier alpha value is -3.52. The summed E-state index contributed by atoms with van der Waals surface area (Å²) in [5.74, 6) is 0.686. The van der Waals surface area contributed by atoms with Crippen LogP contribution in [-0.4, -0.2) is 76.5 Å². The average Bonchev–Trinajstić information content (AvgIpc) is 3.38. The summed E-state index contributed by atoms with van der Waals surface area (Å²) in [6.45, 7) is 8.99. The van der Waals surface area contributed by atoms with Crippen LogP contribution in [0.4, 0.5) is 10.5 Å². The molecule has 2 fully saturated rings. The summed E-state index contributed by atoms with van der Waals surface area (Å²) in [6, 6.07) is 11.9. The van der Waals surface area contributed by atoms with Gasteiger partial charge >= 0.3 is 6.09 Å². The van der Waals surface area contributed by atoms with E-state index in [0.29, 0.717) is 25.4 Å². The Morgan fingerprint density at radius 3 is 2.51 bits per heavy atom. The molecule has 0 aliphatic carbocycles. The fourth-order valence-corrected chi connectivity index (χ4v) is 5.40. The lowest BCUT2D eigenvalue weighted by atomic mass is 9.90. The molecule has 206 valence electrons. The van der Waals surface area contributed by atoms with Gasteiger partial charge in [-0.05, 0) is 78.2 Å². The van der Waals surface area contributed by atoms with Gasteiger partial charge in [-0.15, -0.1) is 0 Å². The van der Waals surface area contributed by atoms with E-state index in [1.165, 1.54) is 0 Å². The lowest BCUT2D eigenvalue weighted by molar-refractivity contribution is 0.0293. The van der Waals surface area contributed by atoms with Crippen molar-refractivity contribution in [3.05, 3.63) is 54.4 Å². The van der Waals surface area contributed by atoms with E-state index >= 15 is 0 Å². The van der Waals surface area contributed by atoms with Crippen LogP contribution in [0.5, 0.6) is 0 Å². The molecule has 0 spiro atoms. The second-order valence-corrected chi connectivity index (χ2v) is 12.0. The van der Waals surface area contributed by atoms with E-state index in [9.17, 15) is 9.59 Å². The number of likely N-dealkylation sites (tertiary alicyclic amines) is 2. The van der Waals surface area contributed by atoms with Gasteiger partial charge in [0.2, 0.25) is 0 Å². The molecule has 2 aromatic heterocycles. The molecule has 4 heterocycles. The molecule has 8 nitrogen and oxygen atoms in total. The Bertz CT molecular complexity index is 1330. The topological polar surface area (TPSA) is 87.7 Å². The van der Waals surface area contributed by atoms with Crippen LogP contribution in [-0.2, 0) is 4.74 Å². The van der Waals surface area contributed by atoms with Gasteiger partial charge in [0.05, 0.1) is 11.2 Å². The Morgan fingerprint density at radius 2 is 1.79 bits per heavy atom. The van der Waals surface area contributed by atoms with E-state index in [0.717, 1.165) is 65.8 Å². The lowest BCUT2D eigenvalue weighted by Crippen LogP contribution is -2.36. The maximum absolute atomic E-state index is 12.9. The molecule has 0 radical (unpaired) electrons. The minimum absolute atomic E-state index is 0.0933. The lowest BCUT2D eigenvalue weighted by Gasteiger charge is -2.28. The number of pyridine rings is 2. The highest BCUT2D eigenvalue weighted by Crippen LogP contribution is 2.30. The third kappa shape index (κ3) is 6.74. The molecule has 0 saturated carbocycles. The van der Waals surface area contributed by atoms with Crippen molar-refractivity contribution in [3.8, 4) is 11.3 Å². The average molecular weight is 530 g/mol. The first-order chi connectivity index (χ1) is 18.6. The monoisotopic (exact) mass is 529 g/mol. The van der Waals surface area contributed by atoms with Crippen LogP contribution >= 0.6 is 0 Å². The minimum Gasteiger partial charge on any atom is -0.444 e. The summed E-state index contributed by atoms with van der Waals surface area (Å²) in [5.41, 5.74) is 3.80. The summed E-state index contributed by atoms with van der Waals surface area (Å²) in [6.07, 6.45) is 6.90. The van der Waals surface area contributed by atoms with Gasteiger partial charge in [-0.3, -0.25) is 9.78 Å². The van der Waals surface area contributed by atoms with Gasteiger partial charge in [0.15, 0.2) is 5.78 Å². The Labute approximate surface area is 230 Å². The van der Waals surface area contributed by atoms with Crippen molar-refractivity contribution >= 4 is 28.5 Å². The molecule has 1 atom stereocenters. The summed E-state index contributed by atoms with van der Waals surface area (Å²) in [5, 5.41) is 4.57. The molecule has 2 aliphatic heterocycles. The van der Waals surface area contributed by atoms with Crippen LogP contribution in [0.2, 0.25) is 0 Å². The van der Waals surface area contributed by atoms with E-state index in [4.69, 9.17) is 9.72 Å². The first kappa shape index (κ1) is 27.1. The van der Waals surface area contributed by atoms with Crippen molar-refractivity contribution in [3.63, 3.8) is 0 Å². The number of ketones is 1. The highest BCUT2D eigenvalue weighted by atomic mass is 16.6. The maximum atomic E-state index is 12.9. The van der Waals surface area contributed by atoms with Crippen molar-refractivity contribution < 1.29 is 14.3 Å². The van der Waals surface area contributed by atoms with Gasteiger partial charge in [0.1, 0.15) is 5.60 Å². The number of hydrogen-bond acceptors (Lipinski definition) is 7. The van der Waals surface area contributed by atoms with E-state index in [2.05, 4.69) is 22.2 Å². The first-order valence-corrected chi connectivity index (χ1v) is 14.0. The van der Waals surface area contributed by atoms with Crippen molar-refractivity contribution in [1.29, 1.82) is 0 Å². The van der Waals surface area contributed by atoms with Crippen LogP contribution < -0.4 is 5.32 Å². The smallest absolute Gasteiger partial charge is 0.410 e. The molecule has 39 heavy (non-hydrogen) atoms. The van der Waals surface area contributed by atoms with Crippen molar-refractivity contribution in [2.45, 2.75) is 58.1 Å². The molecule has 5 rings (SSSR count). The summed E-state index contributed by atoms with van der Waals surface area (Å²) in [4.78, 5) is 38.8. The summed E-state index contributed by atoms with van der Waals surface area (Å²) in [7, 11) is 2.14. The molecule has 1 unspecified atom stereocenters. The Balaban J connectivity index is 1.31. The maximum Gasteiger partial charge on any atom is 0.410 e. The summed E-state index contributed by atoms with van der Waals surface area (Å²) < 4.78 is 5.55. The third-order valence-electron chi connectivity index (χ3n) is 7.62. The second kappa shape index (κ2) is 11.3. The molecule has 2 saturated heterocycles. The van der Waals surface area contributed by atoms with Crippen LogP contribution in [0.15, 0.2) is 48.8 Å². The molecule has 2 aliphatic rings. The molecule has 1 amide bonds. The van der Waals surface area contributed by atoms with Crippen LogP contribution in [0.1, 0.15) is 56.8 Å². The zero-order chi connectivity index (χ0) is 27.6. The number of carbonyl (C=O) groups excluding carboxylic acids is 2. The molecule has 1 N–H and O–H groups in total. The molecular formula is C31H39N5O3. The number of nitrogens with one attached hydrogen (secondary N) is 1. The van der Waals surface area contributed by atoms with E-state index in [-0.39, 0.29) is 17.9 Å². The highest BCUT2D eigenvalue weighted by Gasteiger charge is 2.30. The normalized spacial score (nSPS) is 18.9. The fraction of sp³-hybridized carbons (Fsp3) is 0.484. The largest absolute Gasteiger partial charge is 0.444 e. The van der Waals surface area contributed by atoms with Crippen molar-refractivity contribution in [1.82, 2.24) is 19.8 Å². The number of nitrogens with zero attached hydrogens (tertiary/aromatic N) is 4. The van der Waals surface area contributed by atoms with Gasteiger partial charge in [0, 0.05) is 60.1 Å². The second-order valence-electron chi connectivity index (χ2n) is 12.0. The number of piperidine rings is 1. The van der Waals surface area contributed by atoms with Crippen LogP contribution in [0, 0.1) is 5.92 Å². The predicted octanol–water partition coefficient (Wildman–Crippen LogP) is 5.63. The van der Waals surface area contributed by atoms with Gasteiger partial charge < -0.3 is 19.9 Å². The fourth-order valence-electron chi connectivity index (χ4n) is 5.40. The first-order valence-electron chi connectivity index (χ1n) is 14.0. The zero-order valence-electron chi connectivity index (χ0n) is 23.4. The number of anilines is 1. The number of Topliss-reactive ketones (excluding diaryl/α,β-unsaturated/α-hetero) is 1. The van der Waals surface area contributed by atoms with Gasteiger partial charge in [-0.2, -0.15) is 0 Å². The summed E-state index contributed by atoms with van der Waals surface area (Å²) >= 11 is 0. The molecule has 1 aromatic carbocycles. The van der Waals surface area contributed by atoms with Gasteiger partial charge in [-0.25, -0.2) is 9.78 Å².